The minimum absolute atomic E-state index is 0.0348. The molecule has 7 heteroatoms. The third kappa shape index (κ3) is 4.35. The lowest BCUT2D eigenvalue weighted by molar-refractivity contribution is -0.113. The summed E-state index contributed by atoms with van der Waals surface area (Å²) in [6.45, 7) is 2.01. The van der Waals surface area contributed by atoms with Crippen LogP contribution in [-0.4, -0.2) is 21.6 Å². The number of nitrogens with one attached hydrogen (secondary N) is 3. The maximum absolute atomic E-state index is 11.8. The zero-order valence-electron chi connectivity index (χ0n) is 11.4. The van der Waals surface area contributed by atoms with E-state index in [2.05, 4.69) is 10.3 Å². The Morgan fingerprint density at radius 1 is 1.29 bits per heavy atom. The summed E-state index contributed by atoms with van der Waals surface area (Å²) in [5.41, 5.74) is -0.0527. The molecule has 0 aliphatic carbocycles. The second kappa shape index (κ2) is 6.94. The third-order valence-electron chi connectivity index (χ3n) is 2.83. The summed E-state index contributed by atoms with van der Waals surface area (Å²) in [7, 11) is 0. The highest BCUT2D eigenvalue weighted by Crippen LogP contribution is 2.27. The Morgan fingerprint density at radius 3 is 2.67 bits per heavy atom. The first-order valence-electron chi connectivity index (χ1n) is 6.34. The predicted octanol–water partition coefficient (Wildman–Crippen LogP) is 1.50. The van der Waals surface area contributed by atoms with Gasteiger partial charge in [0, 0.05) is 11.4 Å². The van der Waals surface area contributed by atoms with Crippen molar-refractivity contribution in [2.24, 2.45) is 0 Å². The SMILES string of the molecule is CC(SCC(=O)Nc1c[nH]c(=O)[nH]c1=O)c1ccccc1. The molecule has 0 fully saturated rings. The first kappa shape index (κ1) is 15.1. The summed E-state index contributed by atoms with van der Waals surface area (Å²) in [5, 5.41) is 2.64. The van der Waals surface area contributed by atoms with Gasteiger partial charge in [-0.25, -0.2) is 4.79 Å². The number of hydrogen-bond donors (Lipinski definition) is 3. The fourth-order valence-electron chi connectivity index (χ4n) is 1.71. The minimum atomic E-state index is -0.617. The van der Waals surface area contributed by atoms with E-state index >= 15 is 0 Å². The molecule has 0 spiro atoms. The van der Waals surface area contributed by atoms with E-state index in [1.165, 1.54) is 18.0 Å². The topological polar surface area (TPSA) is 94.8 Å². The van der Waals surface area contributed by atoms with Crippen molar-refractivity contribution in [3.05, 3.63) is 62.9 Å². The van der Waals surface area contributed by atoms with Crippen LogP contribution in [0.4, 0.5) is 5.69 Å². The van der Waals surface area contributed by atoms with E-state index in [0.717, 1.165) is 5.56 Å². The van der Waals surface area contributed by atoms with Gasteiger partial charge in [-0.3, -0.25) is 14.6 Å². The van der Waals surface area contributed by atoms with Crippen molar-refractivity contribution in [3.8, 4) is 0 Å². The summed E-state index contributed by atoms with van der Waals surface area (Å²) in [4.78, 5) is 38.5. The Kier molecular flexibility index (Phi) is 4.99. The van der Waals surface area contributed by atoms with Crippen molar-refractivity contribution in [1.82, 2.24) is 9.97 Å². The summed E-state index contributed by atoms with van der Waals surface area (Å²) >= 11 is 1.47. The van der Waals surface area contributed by atoms with Crippen LogP contribution < -0.4 is 16.6 Å². The molecule has 0 aliphatic heterocycles. The predicted molar refractivity (Wildman–Crippen MR) is 83.6 cm³/mol. The van der Waals surface area contributed by atoms with Crippen molar-refractivity contribution in [2.75, 3.05) is 11.1 Å². The van der Waals surface area contributed by atoms with Gasteiger partial charge in [-0.05, 0) is 12.5 Å². The second-order valence-corrected chi connectivity index (χ2v) is 5.73. The van der Waals surface area contributed by atoms with Crippen LogP contribution >= 0.6 is 11.8 Å². The fourth-order valence-corrected chi connectivity index (χ4v) is 2.53. The van der Waals surface area contributed by atoms with E-state index in [4.69, 9.17) is 0 Å². The second-order valence-electron chi connectivity index (χ2n) is 4.40. The van der Waals surface area contributed by atoms with E-state index in [1.807, 2.05) is 42.2 Å². The Morgan fingerprint density at radius 2 is 2.00 bits per heavy atom. The van der Waals surface area contributed by atoms with Crippen LogP contribution in [0.3, 0.4) is 0 Å². The monoisotopic (exact) mass is 305 g/mol. The molecule has 1 atom stereocenters. The van der Waals surface area contributed by atoms with Gasteiger partial charge in [0.1, 0.15) is 5.69 Å². The lowest BCUT2D eigenvalue weighted by atomic mass is 10.2. The van der Waals surface area contributed by atoms with Gasteiger partial charge < -0.3 is 10.3 Å². The molecule has 1 aromatic heterocycles. The number of amides is 1. The molecule has 1 unspecified atom stereocenters. The largest absolute Gasteiger partial charge is 0.325 e. The molecule has 0 bridgehead atoms. The molecule has 0 aliphatic rings. The Bertz CT molecular complexity index is 724. The summed E-state index contributed by atoms with van der Waals surface area (Å²) in [5.74, 6) is -0.0745. The van der Waals surface area contributed by atoms with Crippen LogP contribution in [0.5, 0.6) is 0 Å². The van der Waals surface area contributed by atoms with Crippen molar-refractivity contribution < 1.29 is 4.79 Å². The summed E-state index contributed by atoms with van der Waals surface area (Å²) in [6, 6.07) is 9.85. The zero-order chi connectivity index (χ0) is 15.2. The number of carbonyl (C=O) groups excluding carboxylic acids is 1. The fraction of sp³-hybridized carbons (Fsp3) is 0.214. The first-order valence-corrected chi connectivity index (χ1v) is 7.39. The quantitative estimate of drug-likeness (QED) is 0.780. The van der Waals surface area contributed by atoms with Gasteiger partial charge >= 0.3 is 5.69 Å². The maximum Gasteiger partial charge on any atom is 0.325 e. The molecule has 1 amide bonds. The molecule has 1 heterocycles. The molecule has 0 saturated heterocycles. The number of carbonyl (C=O) groups is 1. The Hall–Kier alpha value is -2.28. The normalized spacial score (nSPS) is 11.9. The van der Waals surface area contributed by atoms with Crippen LogP contribution in [0, 0.1) is 0 Å². The van der Waals surface area contributed by atoms with E-state index in [0.29, 0.717) is 0 Å². The molecule has 1 aromatic carbocycles. The van der Waals surface area contributed by atoms with Crippen LogP contribution in [-0.2, 0) is 4.79 Å². The number of aromatic nitrogens is 2. The van der Waals surface area contributed by atoms with Crippen LogP contribution in [0.15, 0.2) is 46.1 Å². The average Bonchev–Trinajstić information content (AvgIpc) is 2.48. The smallest absolute Gasteiger partial charge is 0.320 e. The molecule has 21 heavy (non-hydrogen) atoms. The van der Waals surface area contributed by atoms with Gasteiger partial charge in [0.15, 0.2) is 0 Å². The average molecular weight is 305 g/mol. The molecule has 6 nitrogen and oxygen atoms in total. The van der Waals surface area contributed by atoms with Crippen molar-refractivity contribution in [3.63, 3.8) is 0 Å². The molecule has 0 saturated carbocycles. The molecule has 2 rings (SSSR count). The first-order chi connectivity index (χ1) is 10.1. The minimum Gasteiger partial charge on any atom is -0.320 e. The van der Waals surface area contributed by atoms with Crippen LogP contribution in [0.25, 0.3) is 0 Å². The number of rotatable bonds is 5. The molecule has 2 aromatic rings. The van der Waals surface area contributed by atoms with Gasteiger partial charge in [0.25, 0.3) is 5.56 Å². The van der Waals surface area contributed by atoms with E-state index < -0.39 is 11.2 Å². The summed E-state index contributed by atoms with van der Waals surface area (Å²) < 4.78 is 0. The summed E-state index contributed by atoms with van der Waals surface area (Å²) in [6.07, 6.45) is 1.18. The number of thioether (sulfide) groups is 1. The lowest BCUT2D eigenvalue weighted by Crippen LogP contribution is -2.27. The molecule has 3 N–H and O–H groups in total. The van der Waals surface area contributed by atoms with Gasteiger partial charge in [0.2, 0.25) is 5.91 Å². The highest BCUT2D eigenvalue weighted by molar-refractivity contribution is 8.00. The number of H-pyrrole nitrogens is 2. The van der Waals surface area contributed by atoms with Crippen molar-refractivity contribution in [1.29, 1.82) is 0 Å². The molecular formula is C14H15N3O3S. The Balaban J connectivity index is 1.90. The van der Waals surface area contributed by atoms with Crippen molar-refractivity contribution in [2.45, 2.75) is 12.2 Å². The van der Waals surface area contributed by atoms with Crippen molar-refractivity contribution >= 4 is 23.4 Å². The van der Waals surface area contributed by atoms with Gasteiger partial charge in [-0.15, -0.1) is 11.8 Å². The van der Waals surface area contributed by atoms with Crippen LogP contribution in [0.1, 0.15) is 17.7 Å². The third-order valence-corrected chi connectivity index (χ3v) is 4.03. The van der Waals surface area contributed by atoms with Gasteiger partial charge in [-0.1, -0.05) is 30.3 Å². The maximum atomic E-state index is 11.8. The molecular weight excluding hydrogens is 290 g/mol. The van der Waals surface area contributed by atoms with Crippen LogP contribution in [0.2, 0.25) is 0 Å². The van der Waals surface area contributed by atoms with E-state index in [-0.39, 0.29) is 22.6 Å². The molecule has 0 radical (unpaired) electrons. The zero-order valence-corrected chi connectivity index (χ0v) is 12.2. The molecule has 110 valence electrons. The number of benzene rings is 1. The lowest BCUT2D eigenvalue weighted by Gasteiger charge is -2.11. The van der Waals surface area contributed by atoms with E-state index in [9.17, 15) is 14.4 Å². The standard InChI is InChI=1S/C14H15N3O3S/c1-9(10-5-3-2-4-6-10)21-8-12(18)16-11-7-15-14(20)17-13(11)19/h2-7,9H,8H2,1H3,(H,16,18)(H2,15,17,19,20). The highest BCUT2D eigenvalue weighted by atomic mass is 32.2. The number of aromatic amines is 2. The number of anilines is 1. The van der Waals surface area contributed by atoms with E-state index in [1.54, 1.807) is 0 Å². The van der Waals surface area contributed by atoms with Gasteiger partial charge in [-0.2, -0.15) is 0 Å². The Labute approximate surface area is 125 Å². The number of hydrogen-bond acceptors (Lipinski definition) is 4. The van der Waals surface area contributed by atoms with Gasteiger partial charge in [0.05, 0.1) is 5.75 Å². The highest BCUT2D eigenvalue weighted by Gasteiger charge is 2.10.